The second-order valence-corrected chi connectivity index (χ2v) is 7.25. The standard InChI is InChI=1S/C17H18FNOS/c1-11-10-16(17(19)15-5-3-2-4-14(11)15)21(20)13-8-6-12(18)7-9-13/h2-9,11,16-17H,10,19H2,1H3. The van der Waals surface area contributed by atoms with E-state index in [0.717, 1.165) is 12.0 Å². The molecule has 4 unspecified atom stereocenters. The van der Waals surface area contributed by atoms with Gasteiger partial charge < -0.3 is 5.73 Å². The molecule has 2 N–H and O–H groups in total. The molecular formula is C17H18FNOS. The third-order valence-corrected chi connectivity index (χ3v) is 5.97. The Morgan fingerprint density at radius 2 is 1.71 bits per heavy atom. The van der Waals surface area contributed by atoms with Gasteiger partial charge in [0.2, 0.25) is 0 Å². The maximum atomic E-state index is 13.0. The molecule has 0 bridgehead atoms. The van der Waals surface area contributed by atoms with Gasteiger partial charge in [-0.1, -0.05) is 31.2 Å². The van der Waals surface area contributed by atoms with Gasteiger partial charge in [-0.05, 0) is 47.7 Å². The van der Waals surface area contributed by atoms with Crippen molar-refractivity contribution in [2.75, 3.05) is 0 Å². The Bertz CT molecular complexity index is 671. The van der Waals surface area contributed by atoms with E-state index < -0.39 is 10.8 Å². The maximum absolute atomic E-state index is 13.0. The summed E-state index contributed by atoms with van der Waals surface area (Å²) in [5.74, 6) is 0.0119. The van der Waals surface area contributed by atoms with Gasteiger partial charge in [0.1, 0.15) is 5.82 Å². The molecule has 2 nitrogen and oxygen atoms in total. The van der Waals surface area contributed by atoms with E-state index in [1.165, 1.54) is 17.7 Å². The summed E-state index contributed by atoms with van der Waals surface area (Å²) < 4.78 is 25.8. The van der Waals surface area contributed by atoms with Gasteiger partial charge in [0, 0.05) is 10.9 Å². The molecule has 1 aliphatic rings. The Hall–Kier alpha value is -1.52. The zero-order valence-electron chi connectivity index (χ0n) is 11.8. The average Bonchev–Trinajstić information content (AvgIpc) is 2.51. The summed E-state index contributed by atoms with van der Waals surface area (Å²) in [5, 5.41) is -0.139. The van der Waals surface area contributed by atoms with Crippen LogP contribution in [0, 0.1) is 5.82 Å². The van der Waals surface area contributed by atoms with Crippen molar-refractivity contribution < 1.29 is 8.60 Å². The zero-order chi connectivity index (χ0) is 15.0. The number of rotatable bonds is 2. The molecule has 0 aromatic heterocycles. The van der Waals surface area contributed by atoms with Crippen LogP contribution >= 0.6 is 0 Å². The minimum atomic E-state index is -1.23. The highest BCUT2D eigenvalue weighted by molar-refractivity contribution is 7.85. The van der Waals surface area contributed by atoms with Crippen LogP contribution in [0.2, 0.25) is 0 Å². The minimum absolute atomic E-state index is 0.139. The van der Waals surface area contributed by atoms with E-state index in [0.29, 0.717) is 10.8 Å². The molecule has 0 heterocycles. The smallest absolute Gasteiger partial charge is 0.123 e. The molecule has 2 aromatic carbocycles. The highest BCUT2D eigenvalue weighted by Crippen LogP contribution is 2.39. The Labute approximate surface area is 126 Å². The van der Waals surface area contributed by atoms with Crippen LogP contribution in [0.3, 0.4) is 0 Å². The molecule has 110 valence electrons. The van der Waals surface area contributed by atoms with E-state index >= 15 is 0 Å². The van der Waals surface area contributed by atoms with E-state index in [1.807, 2.05) is 18.2 Å². The van der Waals surface area contributed by atoms with Gasteiger partial charge in [0.15, 0.2) is 0 Å². The van der Waals surface area contributed by atoms with Gasteiger partial charge in [0.05, 0.1) is 16.0 Å². The lowest BCUT2D eigenvalue weighted by Gasteiger charge is -2.34. The molecular weight excluding hydrogens is 285 g/mol. The van der Waals surface area contributed by atoms with Crippen LogP contribution in [0.25, 0.3) is 0 Å². The van der Waals surface area contributed by atoms with Crippen LogP contribution in [0.5, 0.6) is 0 Å². The summed E-state index contributed by atoms with van der Waals surface area (Å²) in [6.45, 7) is 2.14. The number of nitrogens with two attached hydrogens (primary N) is 1. The van der Waals surface area contributed by atoms with Crippen LogP contribution in [-0.2, 0) is 10.8 Å². The lowest BCUT2D eigenvalue weighted by atomic mass is 9.81. The molecule has 0 spiro atoms. The maximum Gasteiger partial charge on any atom is 0.123 e. The first-order chi connectivity index (χ1) is 10.1. The molecule has 0 amide bonds. The van der Waals surface area contributed by atoms with Crippen molar-refractivity contribution in [2.45, 2.75) is 35.4 Å². The van der Waals surface area contributed by atoms with Gasteiger partial charge in [0.25, 0.3) is 0 Å². The topological polar surface area (TPSA) is 43.1 Å². The molecule has 2 aromatic rings. The molecule has 0 saturated heterocycles. The number of hydrogen-bond donors (Lipinski definition) is 1. The second-order valence-electron chi connectivity index (χ2n) is 5.58. The van der Waals surface area contributed by atoms with Crippen LogP contribution in [0.1, 0.15) is 36.4 Å². The van der Waals surface area contributed by atoms with Crippen molar-refractivity contribution in [1.82, 2.24) is 0 Å². The number of benzene rings is 2. The zero-order valence-corrected chi connectivity index (χ0v) is 12.6. The first kappa shape index (κ1) is 14.4. The van der Waals surface area contributed by atoms with E-state index in [-0.39, 0.29) is 17.1 Å². The van der Waals surface area contributed by atoms with Gasteiger partial charge in [-0.2, -0.15) is 0 Å². The molecule has 0 radical (unpaired) electrons. The predicted octanol–water partition coefficient (Wildman–Crippen LogP) is 3.51. The number of hydrogen-bond acceptors (Lipinski definition) is 2. The van der Waals surface area contributed by atoms with E-state index in [4.69, 9.17) is 5.73 Å². The summed E-state index contributed by atoms with van der Waals surface area (Å²) in [5.41, 5.74) is 8.68. The third-order valence-electron chi connectivity index (χ3n) is 4.19. The Morgan fingerprint density at radius 1 is 1.10 bits per heavy atom. The SMILES string of the molecule is CC1CC(S(=O)c2ccc(F)cc2)C(N)c2ccccc21. The van der Waals surface area contributed by atoms with Crippen LogP contribution in [0.15, 0.2) is 53.4 Å². The van der Waals surface area contributed by atoms with Crippen molar-refractivity contribution in [3.05, 3.63) is 65.5 Å². The van der Waals surface area contributed by atoms with Crippen molar-refractivity contribution in [3.8, 4) is 0 Å². The highest BCUT2D eigenvalue weighted by Gasteiger charge is 2.34. The van der Waals surface area contributed by atoms with Crippen molar-refractivity contribution in [1.29, 1.82) is 0 Å². The largest absolute Gasteiger partial charge is 0.323 e. The molecule has 1 aliphatic carbocycles. The molecule has 3 rings (SSSR count). The fraction of sp³-hybridized carbons (Fsp3) is 0.294. The second kappa shape index (κ2) is 5.70. The van der Waals surface area contributed by atoms with E-state index in [9.17, 15) is 8.60 Å². The Kier molecular flexibility index (Phi) is 3.91. The predicted molar refractivity (Wildman–Crippen MR) is 83.0 cm³/mol. The van der Waals surface area contributed by atoms with Crippen molar-refractivity contribution in [3.63, 3.8) is 0 Å². The summed E-state index contributed by atoms with van der Waals surface area (Å²) in [6, 6.07) is 13.7. The lowest BCUT2D eigenvalue weighted by Crippen LogP contribution is -2.36. The van der Waals surface area contributed by atoms with Crippen LogP contribution in [0.4, 0.5) is 4.39 Å². The van der Waals surface area contributed by atoms with Crippen molar-refractivity contribution >= 4 is 10.8 Å². The Balaban J connectivity index is 1.93. The molecule has 0 saturated carbocycles. The summed E-state index contributed by atoms with van der Waals surface area (Å²) in [4.78, 5) is 0.642. The Morgan fingerprint density at radius 3 is 2.38 bits per heavy atom. The summed E-state index contributed by atoms with van der Waals surface area (Å²) in [6.07, 6.45) is 0.780. The van der Waals surface area contributed by atoms with Gasteiger partial charge in [-0.15, -0.1) is 0 Å². The summed E-state index contributed by atoms with van der Waals surface area (Å²) in [7, 11) is -1.23. The van der Waals surface area contributed by atoms with Crippen LogP contribution < -0.4 is 5.73 Å². The first-order valence-corrected chi connectivity index (χ1v) is 8.30. The van der Waals surface area contributed by atoms with E-state index in [1.54, 1.807) is 12.1 Å². The molecule has 4 heteroatoms. The minimum Gasteiger partial charge on any atom is -0.323 e. The van der Waals surface area contributed by atoms with Gasteiger partial charge in [-0.25, -0.2) is 4.39 Å². The van der Waals surface area contributed by atoms with Crippen LogP contribution in [-0.4, -0.2) is 9.46 Å². The normalized spacial score (nSPS) is 26.1. The third kappa shape index (κ3) is 2.65. The average molecular weight is 303 g/mol. The highest BCUT2D eigenvalue weighted by atomic mass is 32.2. The molecule has 0 aliphatic heterocycles. The fourth-order valence-electron chi connectivity index (χ4n) is 3.05. The fourth-order valence-corrected chi connectivity index (χ4v) is 4.68. The molecule has 21 heavy (non-hydrogen) atoms. The number of halogens is 1. The number of fused-ring (bicyclic) bond motifs is 1. The molecule has 0 fully saturated rings. The van der Waals surface area contributed by atoms with Gasteiger partial charge >= 0.3 is 0 Å². The van der Waals surface area contributed by atoms with E-state index in [2.05, 4.69) is 13.0 Å². The summed E-state index contributed by atoms with van der Waals surface area (Å²) >= 11 is 0. The van der Waals surface area contributed by atoms with Crippen molar-refractivity contribution in [2.24, 2.45) is 5.73 Å². The lowest BCUT2D eigenvalue weighted by molar-refractivity contribution is 0.513. The first-order valence-electron chi connectivity index (χ1n) is 7.08. The molecule has 4 atom stereocenters. The monoisotopic (exact) mass is 303 g/mol. The van der Waals surface area contributed by atoms with Gasteiger partial charge in [-0.3, -0.25) is 4.21 Å². The quantitative estimate of drug-likeness (QED) is 0.922.